The fourth-order valence-corrected chi connectivity index (χ4v) is 2.51. The standard InChI is InChI=1S/C10H16N2O3/c13-9-6-11-4-3-7(9)12-5-1-2-8(12)10(14)15/h7-8,11H,1-6H2,(H,14,15). The molecule has 2 atom stereocenters. The number of nitrogens with one attached hydrogen (secondary N) is 1. The van der Waals surface area contributed by atoms with Gasteiger partial charge in [-0.25, -0.2) is 0 Å². The second-order valence-corrected chi connectivity index (χ2v) is 4.18. The van der Waals surface area contributed by atoms with Crippen molar-refractivity contribution in [2.24, 2.45) is 0 Å². The molecule has 84 valence electrons. The normalized spacial score (nSPS) is 33.2. The maximum atomic E-state index is 11.7. The van der Waals surface area contributed by atoms with Crippen molar-refractivity contribution in [3.8, 4) is 0 Å². The Balaban J connectivity index is 2.07. The number of hydrogen-bond donors (Lipinski definition) is 2. The van der Waals surface area contributed by atoms with E-state index in [4.69, 9.17) is 5.11 Å². The molecule has 2 fully saturated rings. The summed E-state index contributed by atoms with van der Waals surface area (Å²) in [5.74, 6) is -0.659. The van der Waals surface area contributed by atoms with E-state index < -0.39 is 12.0 Å². The third kappa shape index (κ3) is 2.03. The van der Waals surface area contributed by atoms with Crippen LogP contribution in [-0.4, -0.2) is 53.5 Å². The van der Waals surface area contributed by atoms with E-state index in [1.807, 2.05) is 4.90 Å². The van der Waals surface area contributed by atoms with Crippen molar-refractivity contribution in [3.05, 3.63) is 0 Å². The minimum absolute atomic E-state index is 0.134. The number of carbonyl (C=O) groups excluding carboxylic acids is 1. The molecule has 2 heterocycles. The van der Waals surface area contributed by atoms with Crippen LogP contribution in [0.2, 0.25) is 0 Å². The largest absolute Gasteiger partial charge is 0.480 e. The molecule has 2 unspecified atom stereocenters. The van der Waals surface area contributed by atoms with Gasteiger partial charge in [-0.2, -0.15) is 0 Å². The monoisotopic (exact) mass is 212 g/mol. The van der Waals surface area contributed by atoms with Gasteiger partial charge in [0.25, 0.3) is 0 Å². The van der Waals surface area contributed by atoms with Crippen molar-refractivity contribution in [1.29, 1.82) is 0 Å². The summed E-state index contributed by atoms with van der Waals surface area (Å²) in [4.78, 5) is 24.5. The molecule has 0 radical (unpaired) electrons. The minimum Gasteiger partial charge on any atom is -0.480 e. The molecule has 0 aliphatic carbocycles. The topological polar surface area (TPSA) is 69.6 Å². The van der Waals surface area contributed by atoms with Crippen molar-refractivity contribution >= 4 is 11.8 Å². The third-order valence-corrected chi connectivity index (χ3v) is 3.25. The van der Waals surface area contributed by atoms with Crippen LogP contribution in [0.3, 0.4) is 0 Å². The lowest BCUT2D eigenvalue weighted by atomic mass is 10.0. The van der Waals surface area contributed by atoms with Crippen LogP contribution in [0.15, 0.2) is 0 Å². The molecule has 2 rings (SSSR count). The number of aliphatic carboxylic acids is 1. The van der Waals surface area contributed by atoms with Crippen molar-refractivity contribution in [1.82, 2.24) is 10.2 Å². The summed E-state index contributed by atoms with van der Waals surface area (Å²) >= 11 is 0. The van der Waals surface area contributed by atoms with Crippen LogP contribution < -0.4 is 5.32 Å². The molecule has 2 saturated heterocycles. The van der Waals surface area contributed by atoms with E-state index in [1.54, 1.807) is 0 Å². The number of ketones is 1. The SMILES string of the molecule is O=C(O)C1CCCN1C1CCNCC1=O. The van der Waals surface area contributed by atoms with Gasteiger partial charge in [-0.05, 0) is 32.4 Å². The Morgan fingerprint density at radius 1 is 1.47 bits per heavy atom. The zero-order chi connectivity index (χ0) is 10.8. The Bertz CT molecular complexity index is 280. The second kappa shape index (κ2) is 4.28. The lowest BCUT2D eigenvalue weighted by molar-refractivity contribution is -0.144. The van der Waals surface area contributed by atoms with Crippen LogP contribution >= 0.6 is 0 Å². The fraction of sp³-hybridized carbons (Fsp3) is 0.800. The zero-order valence-corrected chi connectivity index (χ0v) is 8.61. The highest BCUT2D eigenvalue weighted by Crippen LogP contribution is 2.23. The first-order valence-electron chi connectivity index (χ1n) is 5.42. The maximum Gasteiger partial charge on any atom is 0.320 e. The molecule has 0 saturated carbocycles. The molecule has 2 N–H and O–H groups in total. The summed E-state index contributed by atoms with van der Waals surface area (Å²) in [5, 5.41) is 12.0. The van der Waals surface area contributed by atoms with Crippen LogP contribution in [-0.2, 0) is 9.59 Å². The average Bonchev–Trinajstić information content (AvgIpc) is 2.67. The molecule has 0 bridgehead atoms. The number of likely N-dealkylation sites (tertiary alicyclic amines) is 1. The van der Waals surface area contributed by atoms with E-state index in [1.165, 1.54) is 0 Å². The first-order chi connectivity index (χ1) is 7.20. The molecular formula is C10H16N2O3. The molecule has 0 aromatic rings. The molecule has 5 nitrogen and oxygen atoms in total. The third-order valence-electron chi connectivity index (χ3n) is 3.25. The maximum absolute atomic E-state index is 11.7. The summed E-state index contributed by atoms with van der Waals surface area (Å²) in [7, 11) is 0. The Labute approximate surface area is 88.4 Å². The quantitative estimate of drug-likeness (QED) is 0.643. The van der Waals surface area contributed by atoms with Gasteiger partial charge in [-0.3, -0.25) is 14.5 Å². The van der Waals surface area contributed by atoms with Gasteiger partial charge in [0.15, 0.2) is 5.78 Å². The number of hydrogen-bond acceptors (Lipinski definition) is 4. The number of carbonyl (C=O) groups is 2. The van der Waals surface area contributed by atoms with Crippen LogP contribution in [0.5, 0.6) is 0 Å². The second-order valence-electron chi connectivity index (χ2n) is 4.18. The van der Waals surface area contributed by atoms with Crippen molar-refractivity contribution in [2.45, 2.75) is 31.3 Å². The molecule has 0 spiro atoms. The summed E-state index contributed by atoms with van der Waals surface area (Å²) in [6.45, 7) is 1.93. The average molecular weight is 212 g/mol. The number of nitrogens with zero attached hydrogens (tertiary/aromatic N) is 1. The fourth-order valence-electron chi connectivity index (χ4n) is 2.51. The van der Waals surface area contributed by atoms with Gasteiger partial charge in [-0.15, -0.1) is 0 Å². The molecule has 0 aromatic heterocycles. The first-order valence-corrected chi connectivity index (χ1v) is 5.42. The molecule has 2 aliphatic rings. The first kappa shape index (κ1) is 10.6. The Hall–Kier alpha value is -0.940. The van der Waals surface area contributed by atoms with E-state index in [0.29, 0.717) is 13.0 Å². The highest BCUT2D eigenvalue weighted by atomic mass is 16.4. The van der Waals surface area contributed by atoms with Gasteiger partial charge in [0.2, 0.25) is 0 Å². The highest BCUT2D eigenvalue weighted by Gasteiger charge is 2.38. The number of rotatable bonds is 2. The predicted octanol–water partition coefficient (Wildman–Crippen LogP) is -0.534. The molecular weight excluding hydrogens is 196 g/mol. The minimum atomic E-state index is -0.793. The highest BCUT2D eigenvalue weighted by molar-refractivity contribution is 5.87. The van der Waals surface area contributed by atoms with E-state index in [9.17, 15) is 9.59 Å². The van der Waals surface area contributed by atoms with Gasteiger partial charge in [0.05, 0.1) is 12.6 Å². The van der Waals surface area contributed by atoms with Crippen LogP contribution in [0, 0.1) is 0 Å². The van der Waals surface area contributed by atoms with Gasteiger partial charge in [0, 0.05) is 0 Å². The summed E-state index contributed by atoms with van der Waals surface area (Å²) < 4.78 is 0. The van der Waals surface area contributed by atoms with Gasteiger partial charge >= 0.3 is 5.97 Å². The van der Waals surface area contributed by atoms with E-state index >= 15 is 0 Å². The summed E-state index contributed by atoms with van der Waals surface area (Å²) in [6, 6.07) is -0.619. The lowest BCUT2D eigenvalue weighted by Crippen LogP contribution is -2.53. The Kier molecular flexibility index (Phi) is 3.02. The number of carboxylic acids is 1. The number of carboxylic acid groups (broad SMARTS) is 1. The van der Waals surface area contributed by atoms with Crippen molar-refractivity contribution in [3.63, 3.8) is 0 Å². The number of Topliss-reactive ketones (excluding diaryl/α,β-unsaturated/α-hetero) is 1. The van der Waals surface area contributed by atoms with Gasteiger partial charge in [0.1, 0.15) is 6.04 Å². The van der Waals surface area contributed by atoms with Crippen LogP contribution in [0.25, 0.3) is 0 Å². The molecule has 5 heteroatoms. The molecule has 0 aromatic carbocycles. The summed E-state index contributed by atoms with van der Waals surface area (Å²) in [5.41, 5.74) is 0. The van der Waals surface area contributed by atoms with Gasteiger partial charge in [-0.1, -0.05) is 0 Å². The van der Waals surface area contributed by atoms with E-state index in [0.717, 1.165) is 25.9 Å². The number of piperidine rings is 1. The Morgan fingerprint density at radius 3 is 2.93 bits per heavy atom. The molecule has 15 heavy (non-hydrogen) atoms. The van der Waals surface area contributed by atoms with Crippen LogP contribution in [0.4, 0.5) is 0 Å². The summed E-state index contributed by atoms with van der Waals surface area (Å²) in [6.07, 6.45) is 2.29. The van der Waals surface area contributed by atoms with E-state index in [-0.39, 0.29) is 11.8 Å². The Morgan fingerprint density at radius 2 is 2.27 bits per heavy atom. The molecule has 0 amide bonds. The van der Waals surface area contributed by atoms with Gasteiger partial charge < -0.3 is 10.4 Å². The van der Waals surface area contributed by atoms with E-state index in [2.05, 4.69) is 5.32 Å². The van der Waals surface area contributed by atoms with Crippen LogP contribution in [0.1, 0.15) is 19.3 Å². The van der Waals surface area contributed by atoms with Crippen molar-refractivity contribution in [2.75, 3.05) is 19.6 Å². The zero-order valence-electron chi connectivity index (χ0n) is 8.61. The van der Waals surface area contributed by atoms with Crippen molar-refractivity contribution < 1.29 is 14.7 Å². The smallest absolute Gasteiger partial charge is 0.320 e. The lowest BCUT2D eigenvalue weighted by Gasteiger charge is -2.32. The molecule has 2 aliphatic heterocycles. The predicted molar refractivity (Wildman–Crippen MR) is 53.6 cm³/mol.